The zero-order chi connectivity index (χ0) is 33.5. The highest BCUT2D eigenvalue weighted by Crippen LogP contribution is 2.51. The molecule has 51 heavy (non-hydrogen) atoms. The number of aromatic nitrogens is 1. The Labute approximate surface area is 298 Å². The number of anilines is 2. The molecule has 0 aliphatic carbocycles. The van der Waals surface area contributed by atoms with Crippen LogP contribution in [0.5, 0.6) is 0 Å². The van der Waals surface area contributed by atoms with Crippen molar-refractivity contribution in [3.8, 4) is 28.1 Å². The summed E-state index contributed by atoms with van der Waals surface area (Å²) in [5, 5.41) is 6.42. The minimum Gasteiger partial charge on any atom is -0.456 e. The zero-order valence-electron chi connectivity index (χ0n) is 28.1. The molecule has 5 heteroatoms. The number of hydrogen-bond acceptors (Lipinski definition) is 3. The number of aryl methyl sites for hydroxylation is 2. The molecule has 0 bridgehead atoms. The number of hydrogen-bond donors (Lipinski definition) is 0. The number of furan rings is 1. The minimum absolute atomic E-state index is 0.0675. The van der Waals surface area contributed by atoms with Gasteiger partial charge in [-0.3, -0.25) is 0 Å². The molecule has 3 nitrogen and oxygen atoms in total. The molecule has 0 unspecified atom stereocenters. The van der Waals surface area contributed by atoms with Crippen LogP contribution in [0.1, 0.15) is 11.1 Å². The summed E-state index contributed by atoms with van der Waals surface area (Å²) in [6.07, 6.45) is 0. The van der Waals surface area contributed by atoms with Crippen molar-refractivity contribution < 1.29 is 4.42 Å². The van der Waals surface area contributed by atoms with Crippen LogP contribution in [0, 0.1) is 13.8 Å². The Hall–Kier alpha value is -6.04. The van der Waals surface area contributed by atoms with E-state index in [1.54, 1.807) is 0 Å². The van der Waals surface area contributed by atoms with Crippen molar-refractivity contribution in [2.75, 3.05) is 4.81 Å². The molecule has 0 atom stereocenters. The van der Waals surface area contributed by atoms with Gasteiger partial charge in [0.2, 0.25) is 0 Å². The first kappa shape index (κ1) is 27.7. The van der Waals surface area contributed by atoms with E-state index in [-0.39, 0.29) is 6.85 Å². The Kier molecular flexibility index (Phi) is 5.34. The van der Waals surface area contributed by atoms with Crippen molar-refractivity contribution in [3.05, 3.63) is 151 Å². The molecule has 3 aromatic heterocycles. The molecule has 5 heterocycles. The SMILES string of the molecule is Cc1ccc(N2B3c4cc5oc(-c6ccccc6)cc5cc4-n4c5ccccc5c5c(C)cc(c3c54)-c3c2ccc2sc4ccccc4c32)cc1. The van der Waals surface area contributed by atoms with E-state index in [0.29, 0.717) is 0 Å². The smallest absolute Gasteiger partial charge is 0.333 e. The first-order valence-electron chi connectivity index (χ1n) is 17.6. The van der Waals surface area contributed by atoms with Gasteiger partial charge in [0, 0.05) is 64.5 Å². The van der Waals surface area contributed by atoms with Crippen molar-refractivity contribution in [2.45, 2.75) is 13.8 Å². The first-order valence-corrected chi connectivity index (χ1v) is 18.4. The second kappa shape index (κ2) is 9.81. The Morgan fingerprint density at radius 2 is 1.43 bits per heavy atom. The van der Waals surface area contributed by atoms with Crippen LogP contribution in [0.25, 0.3) is 81.1 Å². The molecule has 7 aromatic carbocycles. The average Bonchev–Trinajstić information content (AvgIpc) is 3.86. The van der Waals surface area contributed by atoms with E-state index < -0.39 is 0 Å². The first-order chi connectivity index (χ1) is 25.1. The molecule has 0 radical (unpaired) electrons. The lowest BCUT2D eigenvalue weighted by molar-refractivity contribution is 0.632. The van der Waals surface area contributed by atoms with Crippen molar-refractivity contribution in [1.82, 2.24) is 4.57 Å². The minimum atomic E-state index is -0.0675. The summed E-state index contributed by atoms with van der Waals surface area (Å²) in [4.78, 5) is 2.62. The fourth-order valence-corrected chi connectivity index (χ4v) is 10.3. The summed E-state index contributed by atoms with van der Waals surface area (Å²) in [7, 11) is 0. The third kappa shape index (κ3) is 3.58. The second-order valence-corrected chi connectivity index (χ2v) is 15.3. The molecular formula is C46H29BN2OS. The van der Waals surface area contributed by atoms with Crippen LogP contribution in [0.2, 0.25) is 0 Å². The number of thiophene rings is 1. The van der Waals surface area contributed by atoms with Gasteiger partial charge in [-0.1, -0.05) is 90.5 Å². The van der Waals surface area contributed by atoms with Crippen LogP contribution in [0.15, 0.2) is 144 Å². The van der Waals surface area contributed by atoms with Gasteiger partial charge in [0.1, 0.15) is 11.3 Å². The van der Waals surface area contributed by atoms with Crippen molar-refractivity contribution in [2.24, 2.45) is 0 Å². The molecule has 0 spiro atoms. The van der Waals surface area contributed by atoms with Crippen LogP contribution in [0.4, 0.5) is 11.4 Å². The number of benzene rings is 7. The lowest BCUT2D eigenvalue weighted by atomic mass is 9.43. The maximum atomic E-state index is 6.71. The fourth-order valence-electron chi connectivity index (χ4n) is 9.21. The lowest BCUT2D eigenvalue weighted by Gasteiger charge is -2.42. The van der Waals surface area contributed by atoms with Gasteiger partial charge in [-0.05, 0) is 90.5 Å². The normalized spacial score (nSPS) is 13.2. The molecule has 0 saturated heterocycles. The van der Waals surface area contributed by atoms with E-state index in [2.05, 4.69) is 163 Å². The molecule has 2 aliphatic heterocycles. The van der Waals surface area contributed by atoms with E-state index in [9.17, 15) is 0 Å². The third-order valence-electron chi connectivity index (χ3n) is 11.3. The molecule has 12 rings (SSSR count). The summed E-state index contributed by atoms with van der Waals surface area (Å²) in [6, 6.07) is 51.5. The number of nitrogens with zero attached hydrogens (tertiary/aromatic N) is 2. The fraction of sp³-hybridized carbons (Fsp3) is 0.0435. The van der Waals surface area contributed by atoms with Crippen LogP contribution < -0.4 is 15.7 Å². The van der Waals surface area contributed by atoms with Crippen LogP contribution >= 0.6 is 11.3 Å². The lowest BCUT2D eigenvalue weighted by Crippen LogP contribution is -2.60. The quantitative estimate of drug-likeness (QED) is 0.171. The van der Waals surface area contributed by atoms with Gasteiger partial charge in [-0.15, -0.1) is 11.3 Å². The molecule has 0 N–H and O–H groups in total. The predicted octanol–water partition coefficient (Wildman–Crippen LogP) is 11.4. The van der Waals surface area contributed by atoms with Crippen molar-refractivity contribution in [3.63, 3.8) is 0 Å². The average molecular weight is 669 g/mol. The molecule has 238 valence electrons. The Bertz CT molecular complexity index is 3110. The summed E-state index contributed by atoms with van der Waals surface area (Å²) in [5.41, 5.74) is 16.0. The van der Waals surface area contributed by atoms with E-state index in [1.165, 1.54) is 92.2 Å². The molecule has 2 aliphatic rings. The van der Waals surface area contributed by atoms with Gasteiger partial charge in [-0.2, -0.15) is 0 Å². The monoisotopic (exact) mass is 668 g/mol. The summed E-state index contributed by atoms with van der Waals surface area (Å²) >= 11 is 1.89. The molecule has 0 saturated carbocycles. The van der Waals surface area contributed by atoms with Gasteiger partial charge < -0.3 is 13.8 Å². The summed E-state index contributed by atoms with van der Waals surface area (Å²) < 4.78 is 11.9. The third-order valence-corrected chi connectivity index (χ3v) is 12.5. The van der Waals surface area contributed by atoms with Crippen LogP contribution in [0.3, 0.4) is 0 Å². The highest BCUT2D eigenvalue weighted by molar-refractivity contribution is 7.26. The van der Waals surface area contributed by atoms with E-state index >= 15 is 0 Å². The summed E-state index contributed by atoms with van der Waals surface area (Å²) in [5.74, 6) is 0.889. The van der Waals surface area contributed by atoms with Gasteiger partial charge >= 0.3 is 6.85 Å². The Morgan fingerprint density at radius 1 is 0.647 bits per heavy atom. The van der Waals surface area contributed by atoms with E-state index in [1.807, 2.05) is 11.3 Å². The number of para-hydroxylation sites is 1. The van der Waals surface area contributed by atoms with Gasteiger partial charge in [-0.25, -0.2) is 0 Å². The van der Waals surface area contributed by atoms with Gasteiger partial charge in [0.05, 0.1) is 11.0 Å². The number of rotatable bonds is 2. The molecule has 10 aromatic rings. The van der Waals surface area contributed by atoms with Crippen LogP contribution in [-0.2, 0) is 0 Å². The van der Waals surface area contributed by atoms with E-state index in [0.717, 1.165) is 22.3 Å². The predicted molar refractivity (Wildman–Crippen MR) is 217 cm³/mol. The van der Waals surface area contributed by atoms with Crippen molar-refractivity contribution >= 4 is 93.4 Å². The molecule has 0 fully saturated rings. The Balaban J connectivity index is 1.28. The van der Waals surface area contributed by atoms with E-state index in [4.69, 9.17) is 4.42 Å². The van der Waals surface area contributed by atoms with Crippen molar-refractivity contribution in [1.29, 1.82) is 0 Å². The van der Waals surface area contributed by atoms with Gasteiger partial charge in [0.15, 0.2) is 0 Å². The molecule has 0 amide bonds. The second-order valence-electron chi connectivity index (χ2n) is 14.2. The topological polar surface area (TPSA) is 21.3 Å². The largest absolute Gasteiger partial charge is 0.456 e. The van der Waals surface area contributed by atoms with Gasteiger partial charge in [0.25, 0.3) is 0 Å². The number of fused-ring (bicyclic) bond motifs is 13. The standard InChI is InChI=1S/C46H29BN2OS/c1-26-16-18-30(19-17-26)49-36-20-21-41-44(32-13-7-9-15-40(32)51-41)43(36)33-22-27(2)42-31-12-6-8-14-35(31)48-37-23-29-24-38(28-10-4-3-5-11-28)50-39(29)25-34(37)47(49)45(33)46(42)48/h3-25H,1-2H3. The zero-order valence-corrected chi connectivity index (χ0v) is 28.9. The highest BCUT2D eigenvalue weighted by atomic mass is 32.1. The summed E-state index contributed by atoms with van der Waals surface area (Å²) in [6.45, 7) is 4.41. The molecular weight excluding hydrogens is 639 g/mol. The highest BCUT2D eigenvalue weighted by Gasteiger charge is 2.45. The van der Waals surface area contributed by atoms with Crippen LogP contribution in [-0.4, -0.2) is 11.4 Å². The maximum Gasteiger partial charge on any atom is 0.333 e. The Morgan fingerprint density at radius 3 is 2.29 bits per heavy atom. The maximum absolute atomic E-state index is 6.71.